The van der Waals surface area contributed by atoms with E-state index in [1.54, 1.807) is 0 Å². The van der Waals surface area contributed by atoms with Gasteiger partial charge in [0.1, 0.15) is 0 Å². The van der Waals surface area contributed by atoms with Gasteiger partial charge in [0.2, 0.25) is 0 Å². The highest BCUT2D eigenvalue weighted by molar-refractivity contribution is 6.18. The Morgan fingerprint density at radius 2 is 0.611 bits per heavy atom. The lowest BCUT2D eigenvalue weighted by Gasteiger charge is -2.21. The predicted molar refractivity (Wildman–Crippen MR) is 374 cm³/mol. The van der Waals surface area contributed by atoms with Crippen molar-refractivity contribution in [2.75, 3.05) is 0 Å². The Kier molecular flexibility index (Phi) is 10.3. The molecule has 0 radical (unpaired) electrons. The van der Waals surface area contributed by atoms with Crippen molar-refractivity contribution in [3.63, 3.8) is 0 Å². The molecule has 0 atom stereocenters. The molecule has 0 saturated heterocycles. The van der Waals surface area contributed by atoms with Crippen molar-refractivity contribution in [2.45, 2.75) is 57.8 Å². The first kappa shape index (κ1) is 51.2. The summed E-state index contributed by atoms with van der Waals surface area (Å²) < 4.78 is 7.47. The topological polar surface area (TPSA) is 40.6 Å². The number of hydrogen-bond donors (Lipinski definition) is 0. The van der Waals surface area contributed by atoms with E-state index in [1.165, 1.54) is 132 Å². The fourth-order valence-corrected chi connectivity index (χ4v) is 16.7. The van der Waals surface area contributed by atoms with Gasteiger partial charge in [0.25, 0.3) is 0 Å². The predicted octanol–water partition coefficient (Wildman–Crippen LogP) is 21.7. The van der Waals surface area contributed by atoms with E-state index >= 15 is 0 Å². The van der Waals surface area contributed by atoms with Crippen LogP contribution in [0, 0.1) is 0 Å². The van der Waals surface area contributed by atoms with E-state index in [9.17, 15) is 0 Å². The van der Waals surface area contributed by atoms with Gasteiger partial charge in [0, 0.05) is 99.0 Å². The highest BCUT2D eigenvalue weighted by Gasteiger charge is 2.41. The summed E-state index contributed by atoms with van der Waals surface area (Å²) in [7, 11) is 0. The monoisotopic (exact) mass is 1150 g/mol. The van der Waals surface area contributed by atoms with Crippen LogP contribution >= 0.6 is 0 Å². The molecule has 12 aromatic carbocycles. The first-order valence-corrected chi connectivity index (χ1v) is 31.6. The van der Waals surface area contributed by atoms with Crippen molar-refractivity contribution in [3.8, 4) is 84.3 Å². The van der Waals surface area contributed by atoms with Crippen molar-refractivity contribution in [3.05, 3.63) is 294 Å². The molecule has 4 aromatic heterocycles. The Morgan fingerprint density at radius 3 is 1.03 bits per heavy atom. The minimum absolute atomic E-state index is 0.129. The van der Waals surface area contributed by atoms with Crippen molar-refractivity contribution >= 4 is 65.4 Å². The standard InChI is InChI=1S/C85H61N5/c1-83(2)65-28-13-7-25-62(65)76-68(83)45-42-59-56-22-10-16-31-73(56)88(79(59)76)53-38-34-50(35-39-53)71-49-72(52-20-19-21-55(48-52)90-75-33-18-12-24-58(75)61-44-47-70-78(81(61)90)64-27-9-15-30-67(64)85(70,5)6)87-82(86-71)51-36-40-54(41-37-51)89-74-32-17-11-23-57(74)60-43-46-69-77(80(60)89)63-26-8-14-29-66(63)84(69,3)4/h7-49H,1-6H3. The summed E-state index contributed by atoms with van der Waals surface area (Å²) in [4.78, 5) is 11.2. The summed E-state index contributed by atoms with van der Waals surface area (Å²) in [6, 6.07) is 97.0. The molecule has 3 aliphatic rings. The third kappa shape index (κ3) is 6.81. The molecule has 0 amide bonds. The smallest absolute Gasteiger partial charge is 0.160 e. The highest BCUT2D eigenvalue weighted by atomic mass is 15.0. The summed E-state index contributed by atoms with van der Waals surface area (Å²) >= 11 is 0. The number of benzene rings is 12. The van der Waals surface area contributed by atoms with E-state index in [-0.39, 0.29) is 16.2 Å². The summed E-state index contributed by atoms with van der Waals surface area (Å²) in [6.45, 7) is 14.2. The first-order valence-electron chi connectivity index (χ1n) is 31.6. The summed E-state index contributed by atoms with van der Waals surface area (Å²) in [5.41, 5.74) is 30.8. The maximum atomic E-state index is 5.59. The normalized spacial score (nSPS) is 14.6. The van der Waals surface area contributed by atoms with Gasteiger partial charge in [-0.2, -0.15) is 0 Å². The van der Waals surface area contributed by atoms with Crippen LogP contribution in [0.25, 0.3) is 150 Å². The highest BCUT2D eigenvalue weighted by Crippen LogP contribution is 2.56. The average molecular weight is 1150 g/mol. The second-order valence-corrected chi connectivity index (χ2v) is 26.8. The van der Waals surface area contributed by atoms with E-state index in [0.29, 0.717) is 5.82 Å². The lowest BCUT2D eigenvalue weighted by molar-refractivity contribution is 0.660. The maximum absolute atomic E-state index is 5.59. The molecular weight excluding hydrogens is 1090 g/mol. The molecule has 0 saturated carbocycles. The van der Waals surface area contributed by atoms with Gasteiger partial charge >= 0.3 is 0 Å². The fourth-order valence-electron chi connectivity index (χ4n) is 16.7. The van der Waals surface area contributed by atoms with Crippen molar-refractivity contribution in [1.29, 1.82) is 0 Å². The van der Waals surface area contributed by atoms with E-state index in [2.05, 4.69) is 316 Å². The van der Waals surface area contributed by atoms with E-state index < -0.39 is 0 Å². The quantitative estimate of drug-likeness (QED) is 0.166. The van der Waals surface area contributed by atoms with Crippen LogP contribution in [-0.2, 0) is 16.2 Å². The van der Waals surface area contributed by atoms with E-state index in [1.807, 2.05) is 0 Å². The van der Waals surface area contributed by atoms with Crippen molar-refractivity contribution in [1.82, 2.24) is 23.7 Å². The Bertz CT molecular complexity index is 5560. The van der Waals surface area contributed by atoms with Crippen LogP contribution < -0.4 is 0 Å². The van der Waals surface area contributed by atoms with Gasteiger partial charge in [0.15, 0.2) is 5.82 Å². The third-order valence-electron chi connectivity index (χ3n) is 21.1. The molecule has 19 rings (SSSR count). The van der Waals surface area contributed by atoms with Gasteiger partial charge in [0.05, 0.1) is 44.5 Å². The molecule has 0 spiro atoms. The Balaban J connectivity index is 0.796. The van der Waals surface area contributed by atoms with Gasteiger partial charge in [-0.1, -0.05) is 230 Å². The van der Waals surface area contributed by atoms with Crippen LogP contribution in [0.1, 0.15) is 74.9 Å². The largest absolute Gasteiger partial charge is 0.309 e. The molecule has 426 valence electrons. The molecule has 90 heavy (non-hydrogen) atoms. The number of aromatic nitrogens is 5. The third-order valence-corrected chi connectivity index (χ3v) is 21.1. The molecule has 0 N–H and O–H groups in total. The van der Waals surface area contributed by atoms with Gasteiger partial charge in [-0.3, -0.25) is 0 Å². The first-order chi connectivity index (χ1) is 43.9. The van der Waals surface area contributed by atoms with Crippen LogP contribution in [0.15, 0.2) is 261 Å². The van der Waals surface area contributed by atoms with Crippen LogP contribution in [0.2, 0.25) is 0 Å². The number of hydrogen-bond acceptors (Lipinski definition) is 2. The lowest BCUT2D eigenvalue weighted by Crippen LogP contribution is -2.14. The van der Waals surface area contributed by atoms with Crippen LogP contribution in [0.4, 0.5) is 0 Å². The zero-order valence-electron chi connectivity index (χ0n) is 51.1. The van der Waals surface area contributed by atoms with Crippen LogP contribution in [-0.4, -0.2) is 23.7 Å². The summed E-state index contributed by atoms with van der Waals surface area (Å²) in [5.74, 6) is 0.662. The zero-order valence-corrected chi connectivity index (χ0v) is 51.1. The summed E-state index contributed by atoms with van der Waals surface area (Å²) in [5, 5.41) is 7.48. The fraction of sp³-hybridized carbons (Fsp3) is 0.106. The van der Waals surface area contributed by atoms with Crippen molar-refractivity contribution < 1.29 is 0 Å². The Morgan fingerprint density at radius 1 is 0.256 bits per heavy atom. The van der Waals surface area contributed by atoms with Crippen LogP contribution in [0.3, 0.4) is 0 Å². The lowest BCUT2D eigenvalue weighted by atomic mass is 9.82. The number of nitrogens with zero attached hydrogens (tertiary/aromatic N) is 5. The Hall–Kier alpha value is -10.9. The maximum Gasteiger partial charge on any atom is 0.160 e. The Labute approximate surface area is 522 Å². The van der Waals surface area contributed by atoms with Gasteiger partial charge in [-0.05, 0) is 123 Å². The molecule has 0 aliphatic heterocycles. The molecule has 4 heterocycles. The molecule has 0 fully saturated rings. The number of rotatable bonds is 6. The van der Waals surface area contributed by atoms with Gasteiger partial charge in [-0.25, -0.2) is 9.97 Å². The molecule has 0 unspecified atom stereocenters. The van der Waals surface area contributed by atoms with E-state index in [4.69, 9.17) is 9.97 Å². The zero-order chi connectivity index (χ0) is 60.1. The minimum atomic E-state index is -0.146. The van der Waals surface area contributed by atoms with Crippen LogP contribution in [0.5, 0.6) is 0 Å². The SMILES string of the molecule is CC1(C)c2ccccc2-c2c1ccc1c3ccccc3n(-c3ccc(-c4cc(-c5cccc(-n6c7ccccc7c7ccc8c(c76)-c6ccccc6C8(C)C)c5)nc(-c5ccc(-n6c7ccccc7c7ccc8c(c76)-c6ccccc6C8(C)C)cc5)n4)cc3)c21. The molecular formula is C85H61N5. The molecule has 16 aromatic rings. The van der Waals surface area contributed by atoms with E-state index in [0.717, 1.165) is 45.1 Å². The number of para-hydroxylation sites is 3. The van der Waals surface area contributed by atoms with Gasteiger partial charge < -0.3 is 13.7 Å². The second kappa shape index (κ2) is 18.1. The average Bonchev–Trinajstić information content (AvgIpc) is 1.56. The molecule has 5 heteroatoms. The summed E-state index contributed by atoms with van der Waals surface area (Å²) in [6.07, 6.45) is 0. The molecule has 0 bridgehead atoms. The van der Waals surface area contributed by atoms with Gasteiger partial charge in [-0.15, -0.1) is 0 Å². The molecule has 3 aliphatic carbocycles. The number of fused-ring (bicyclic) bond motifs is 21. The molecule has 5 nitrogen and oxygen atoms in total. The second-order valence-electron chi connectivity index (χ2n) is 26.8. The van der Waals surface area contributed by atoms with Crippen molar-refractivity contribution in [2.24, 2.45) is 0 Å². The minimum Gasteiger partial charge on any atom is -0.309 e.